The Hall–Kier alpha value is -1.61. The smallest absolute Gasteiger partial charge is 0.137 e. The van der Waals surface area contributed by atoms with Crippen LogP contribution in [0.25, 0.3) is 0 Å². The van der Waals surface area contributed by atoms with Crippen molar-refractivity contribution >= 4 is 0 Å². The molecule has 1 N–H and O–H groups in total. The largest absolute Gasteiger partial charge is 0.361 e. The number of aryl methyl sites for hydroxylation is 1. The summed E-state index contributed by atoms with van der Waals surface area (Å²) in [6.45, 7) is 7.41. The summed E-state index contributed by atoms with van der Waals surface area (Å²) in [5.74, 6) is 2.29. The van der Waals surface area contributed by atoms with E-state index in [0.717, 1.165) is 24.4 Å². The quantitative estimate of drug-likeness (QED) is 0.846. The highest BCUT2D eigenvalue weighted by atomic mass is 16.5. The fraction of sp³-hybridized carbons (Fsp3) is 0.550. The SMILES string of the molecule is Cc1cc(C[C@@H]2CCC[C@H]2NCc2ccc(C(C)C)cc2)on1. The molecule has 3 heteroatoms. The molecule has 0 amide bonds. The van der Waals surface area contributed by atoms with Gasteiger partial charge in [0.05, 0.1) is 5.69 Å². The van der Waals surface area contributed by atoms with Crippen LogP contribution in [-0.4, -0.2) is 11.2 Å². The zero-order chi connectivity index (χ0) is 16.2. The number of aromatic nitrogens is 1. The molecule has 1 aliphatic carbocycles. The summed E-state index contributed by atoms with van der Waals surface area (Å²) in [6.07, 6.45) is 4.86. The van der Waals surface area contributed by atoms with Gasteiger partial charge in [-0.2, -0.15) is 0 Å². The predicted molar refractivity (Wildman–Crippen MR) is 93.4 cm³/mol. The number of rotatable bonds is 6. The van der Waals surface area contributed by atoms with Crippen LogP contribution in [0.2, 0.25) is 0 Å². The maximum atomic E-state index is 5.40. The lowest BCUT2D eigenvalue weighted by molar-refractivity contribution is 0.329. The fourth-order valence-electron chi connectivity index (χ4n) is 3.59. The molecule has 0 spiro atoms. The minimum Gasteiger partial charge on any atom is -0.361 e. The zero-order valence-corrected chi connectivity index (χ0v) is 14.5. The topological polar surface area (TPSA) is 38.1 Å². The molecule has 0 saturated heterocycles. The van der Waals surface area contributed by atoms with E-state index in [0.29, 0.717) is 17.9 Å². The molecule has 1 saturated carbocycles. The Morgan fingerprint density at radius 1 is 1.22 bits per heavy atom. The Morgan fingerprint density at radius 2 is 2.00 bits per heavy atom. The van der Waals surface area contributed by atoms with E-state index in [2.05, 4.69) is 54.7 Å². The van der Waals surface area contributed by atoms with Crippen molar-refractivity contribution in [3.63, 3.8) is 0 Å². The molecule has 2 atom stereocenters. The van der Waals surface area contributed by atoms with Crippen LogP contribution in [0.4, 0.5) is 0 Å². The molecule has 1 aliphatic rings. The first kappa shape index (κ1) is 16.3. The number of nitrogens with one attached hydrogen (secondary N) is 1. The first-order chi connectivity index (χ1) is 11.1. The van der Waals surface area contributed by atoms with Gasteiger partial charge in [-0.05, 0) is 42.7 Å². The minimum absolute atomic E-state index is 0.588. The van der Waals surface area contributed by atoms with E-state index in [1.54, 1.807) is 0 Å². The van der Waals surface area contributed by atoms with Gasteiger partial charge in [-0.15, -0.1) is 0 Å². The second kappa shape index (κ2) is 7.31. The molecule has 2 aromatic rings. The van der Waals surface area contributed by atoms with E-state index < -0.39 is 0 Å². The van der Waals surface area contributed by atoms with E-state index in [1.165, 1.54) is 30.4 Å². The summed E-state index contributed by atoms with van der Waals surface area (Å²) < 4.78 is 5.40. The molecule has 1 aromatic heterocycles. The molecular formula is C20H28N2O. The first-order valence-electron chi connectivity index (χ1n) is 8.86. The van der Waals surface area contributed by atoms with Crippen molar-refractivity contribution in [2.75, 3.05) is 0 Å². The highest BCUT2D eigenvalue weighted by Gasteiger charge is 2.28. The number of hydrogen-bond acceptors (Lipinski definition) is 3. The Labute approximate surface area is 139 Å². The third kappa shape index (κ3) is 4.23. The van der Waals surface area contributed by atoms with Gasteiger partial charge in [-0.3, -0.25) is 0 Å². The summed E-state index contributed by atoms with van der Waals surface area (Å²) in [5.41, 5.74) is 3.76. The van der Waals surface area contributed by atoms with Gasteiger partial charge in [0.2, 0.25) is 0 Å². The highest BCUT2D eigenvalue weighted by molar-refractivity contribution is 5.24. The maximum absolute atomic E-state index is 5.40. The summed E-state index contributed by atoms with van der Waals surface area (Å²) in [6, 6.07) is 11.7. The average molecular weight is 312 g/mol. The fourth-order valence-corrected chi connectivity index (χ4v) is 3.59. The van der Waals surface area contributed by atoms with Gasteiger partial charge < -0.3 is 9.84 Å². The predicted octanol–water partition coefficient (Wildman–Crippen LogP) is 4.61. The Bertz CT molecular complexity index is 615. The molecule has 0 radical (unpaired) electrons. The van der Waals surface area contributed by atoms with Gasteiger partial charge in [0.1, 0.15) is 5.76 Å². The lowest BCUT2D eigenvalue weighted by Crippen LogP contribution is -2.32. The van der Waals surface area contributed by atoms with Crippen molar-refractivity contribution in [2.45, 2.75) is 65.0 Å². The molecule has 0 unspecified atom stereocenters. The van der Waals surface area contributed by atoms with Gasteiger partial charge in [-0.25, -0.2) is 0 Å². The molecule has 3 nitrogen and oxygen atoms in total. The van der Waals surface area contributed by atoms with Gasteiger partial charge >= 0.3 is 0 Å². The second-order valence-corrected chi connectivity index (χ2v) is 7.21. The number of benzene rings is 1. The molecule has 3 rings (SSSR count). The van der Waals surface area contributed by atoms with Crippen molar-refractivity contribution in [3.05, 3.63) is 52.9 Å². The van der Waals surface area contributed by atoms with Gasteiger partial charge in [0.25, 0.3) is 0 Å². The molecule has 0 bridgehead atoms. The van der Waals surface area contributed by atoms with Gasteiger partial charge in [0.15, 0.2) is 0 Å². The zero-order valence-electron chi connectivity index (χ0n) is 14.5. The van der Waals surface area contributed by atoms with Crippen molar-refractivity contribution in [1.82, 2.24) is 10.5 Å². The molecular weight excluding hydrogens is 284 g/mol. The van der Waals surface area contributed by atoms with Crippen LogP contribution in [0.15, 0.2) is 34.9 Å². The van der Waals surface area contributed by atoms with Crippen LogP contribution >= 0.6 is 0 Å². The standard InChI is InChI=1S/C20H28N2O/c1-14(2)17-9-7-16(8-10-17)13-21-20-6-4-5-18(20)12-19-11-15(3)22-23-19/h7-11,14,18,20-21H,4-6,12-13H2,1-3H3/t18-,20+/m0/s1. The molecule has 0 aliphatic heterocycles. The van der Waals surface area contributed by atoms with E-state index in [1.807, 2.05) is 6.92 Å². The molecule has 1 fully saturated rings. The molecule has 124 valence electrons. The van der Waals surface area contributed by atoms with Crippen LogP contribution in [0.3, 0.4) is 0 Å². The highest BCUT2D eigenvalue weighted by Crippen LogP contribution is 2.29. The summed E-state index contributed by atoms with van der Waals surface area (Å²) in [5, 5.41) is 7.77. The second-order valence-electron chi connectivity index (χ2n) is 7.21. The van der Waals surface area contributed by atoms with Crippen LogP contribution in [0, 0.1) is 12.8 Å². The summed E-state index contributed by atoms with van der Waals surface area (Å²) >= 11 is 0. The lowest BCUT2D eigenvalue weighted by Gasteiger charge is -2.20. The van der Waals surface area contributed by atoms with E-state index in [4.69, 9.17) is 4.52 Å². The van der Waals surface area contributed by atoms with Crippen LogP contribution in [0.5, 0.6) is 0 Å². The summed E-state index contributed by atoms with van der Waals surface area (Å²) in [7, 11) is 0. The molecule has 1 aromatic carbocycles. The Kier molecular flexibility index (Phi) is 5.16. The first-order valence-corrected chi connectivity index (χ1v) is 8.86. The van der Waals surface area contributed by atoms with Crippen LogP contribution in [0.1, 0.15) is 61.6 Å². The molecule has 23 heavy (non-hydrogen) atoms. The number of hydrogen-bond donors (Lipinski definition) is 1. The Balaban J connectivity index is 1.54. The van der Waals surface area contributed by atoms with Gasteiger partial charge in [-0.1, -0.05) is 49.7 Å². The van der Waals surface area contributed by atoms with Gasteiger partial charge in [0, 0.05) is 25.1 Å². The third-order valence-electron chi connectivity index (χ3n) is 5.01. The monoisotopic (exact) mass is 312 g/mol. The maximum Gasteiger partial charge on any atom is 0.137 e. The number of nitrogens with zero attached hydrogens (tertiary/aromatic N) is 1. The third-order valence-corrected chi connectivity index (χ3v) is 5.01. The molecule has 1 heterocycles. The summed E-state index contributed by atoms with van der Waals surface area (Å²) in [4.78, 5) is 0. The normalized spacial score (nSPS) is 21.2. The van der Waals surface area contributed by atoms with Crippen molar-refractivity contribution in [1.29, 1.82) is 0 Å². The van der Waals surface area contributed by atoms with E-state index in [9.17, 15) is 0 Å². The van der Waals surface area contributed by atoms with Crippen molar-refractivity contribution in [2.24, 2.45) is 5.92 Å². The lowest BCUT2D eigenvalue weighted by atomic mass is 9.97. The van der Waals surface area contributed by atoms with Crippen molar-refractivity contribution in [3.8, 4) is 0 Å². The van der Waals surface area contributed by atoms with Crippen LogP contribution in [-0.2, 0) is 13.0 Å². The average Bonchev–Trinajstić information content (AvgIpc) is 3.15. The van der Waals surface area contributed by atoms with Crippen molar-refractivity contribution < 1.29 is 4.52 Å². The Morgan fingerprint density at radius 3 is 2.65 bits per heavy atom. The van der Waals surface area contributed by atoms with E-state index in [-0.39, 0.29) is 0 Å². The minimum atomic E-state index is 0.588. The van der Waals surface area contributed by atoms with E-state index >= 15 is 0 Å². The van der Waals surface area contributed by atoms with Crippen LogP contribution < -0.4 is 5.32 Å².